The Hall–Kier alpha value is -2.83. The number of amides is 2. The van der Waals surface area contributed by atoms with Crippen molar-refractivity contribution >= 4 is 17.6 Å². The smallest absolute Gasteiger partial charge is 0.342 e. The largest absolute Gasteiger partial charge is 0.507 e. The fourth-order valence-electron chi connectivity index (χ4n) is 2.99. The second-order valence-electron chi connectivity index (χ2n) is 7.35. The van der Waals surface area contributed by atoms with Gasteiger partial charge in [0.15, 0.2) is 0 Å². The summed E-state index contributed by atoms with van der Waals surface area (Å²) in [6.45, 7) is 6.33. The molecule has 0 spiro atoms. The summed E-state index contributed by atoms with van der Waals surface area (Å²) in [6.07, 6.45) is 2.50. The number of phenols is 1. The van der Waals surface area contributed by atoms with Gasteiger partial charge in [-0.1, -0.05) is 13.8 Å². The van der Waals surface area contributed by atoms with Crippen molar-refractivity contribution in [2.45, 2.75) is 46.0 Å². The van der Waals surface area contributed by atoms with Crippen molar-refractivity contribution in [2.24, 2.45) is 5.92 Å². The minimum atomic E-state index is -0.261. The summed E-state index contributed by atoms with van der Waals surface area (Å²) < 4.78 is 1.40. The molecule has 0 radical (unpaired) electrons. The molecule has 0 bridgehead atoms. The maximum atomic E-state index is 12.3. The molecule has 2 amide bonds. The zero-order valence-corrected chi connectivity index (χ0v) is 16.0. The lowest BCUT2D eigenvalue weighted by Crippen LogP contribution is -2.30. The SMILES string of the molecule is CCNC(=O)n1nc(-c2ccc(NC(=O)CC(C)C)cc2O)cc1C1CC1. The molecule has 3 N–H and O–H groups in total. The van der Waals surface area contributed by atoms with E-state index in [1.807, 2.05) is 26.8 Å². The van der Waals surface area contributed by atoms with Crippen molar-refractivity contribution in [2.75, 3.05) is 11.9 Å². The van der Waals surface area contributed by atoms with Crippen LogP contribution < -0.4 is 10.6 Å². The van der Waals surface area contributed by atoms with Gasteiger partial charge in [-0.05, 0) is 43.9 Å². The molecule has 1 fully saturated rings. The Labute approximate surface area is 158 Å². The lowest BCUT2D eigenvalue weighted by molar-refractivity contribution is -0.116. The summed E-state index contributed by atoms with van der Waals surface area (Å²) >= 11 is 0. The molecule has 7 nitrogen and oxygen atoms in total. The van der Waals surface area contributed by atoms with Crippen LogP contribution in [0.3, 0.4) is 0 Å². The van der Waals surface area contributed by atoms with Crippen molar-refractivity contribution in [3.63, 3.8) is 0 Å². The molecule has 1 aliphatic rings. The fourth-order valence-corrected chi connectivity index (χ4v) is 2.99. The highest BCUT2D eigenvalue weighted by Crippen LogP contribution is 2.42. The third-order valence-electron chi connectivity index (χ3n) is 4.40. The van der Waals surface area contributed by atoms with Crippen molar-refractivity contribution < 1.29 is 14.7 Å². The number of aromatic nitrogens is 2. The molecular weight excluding hydrogens is 344 g/mol. The number of carbonyl (C=O) groups excluding carboxylic acids is 2. The Morgan fingerprint density at radius 1 is 1.30 bits per heavy atom. The highest BCUT2D eigenvalue weighted by Gasteiger charge is 2.30. The maximum Gasteiger partial charge on any atom is 0.342 e. The van der Waals surface area contributed by atoms with Crippen LogP contribution in [0.2, 0.25) is 0 Å². The lowest BCUT2D eigenvalue weighted by atomic mass is 10.1. The van der Waals surface area contributed by atoms with E-state index >= 15 is 0 Å². The van der Waals surface area contributed by atoms with Gasteiger partial charge in [0.1, 0.15) is 5.75 Å². The molecule has 7 heteroatoms. The molecule has 1 aliphatic carbocycles. The van der Waals surface area contributed by atoms with Crippen molar-refractivity contribution in [3.8, 4) is 17.0 Å². The number of rotatable bonds is 6. The monoisotopic (exact) mass is 370 g/mol. The van der Waals surface area contributed by atoms with Crippen LogP contribution >= 0.6 is 0 Å². The van der Waals surface area contributed by atoms with E-state index in [2.05, 4.69) is 15.7 Å². The van der Waals surface area contributed by atoms with E-state index in [9.17, 15) is 14.7 Å². The number of carbonyl (C=O) groups is 2. The highest BCUT2D eigenvalue weighted by atomic mass is 16.3. The Morgan fingerprint density at radius 2 is 2.04 bits per heavy atom. The minimum Gasteiger partial charge on any atom is -0.507 e. The van der Waals surface area contributed by atoms with Crippen LogP contribution in [0.15, 0.2) is 24.3 Å². The summed E-state index contributed by atoms with van der Waals surface area (Å²) in [5.41, 5.74) is 2.47. The van der Waals surface area contributed by atoms with E-state index in [1.54, 1.807) is 12.1 Å². The van der Waals surface area contributed by atoms with Crippen LogP contribution in [-0.2, 0) is 4.79 Å². The summed E-state index contributed by atoms with van der Waals surface area (Å²) in [7, 11) is 0. The zero-order valence-electron chi connectivity index (χ0n) is 16.0. The molecule has 0 unspecified atom stereocenters. The third kappa shape index (κ3) is 4.48. The fraction of sp³-hybridized carbons (Fsp3) is 0.450. The Balaban J connectivity index is 1.85. The van der Waals surface area contributed by atoms with Gasteiger partial charge in [0.05, 0.1) is 11.4 Å². The first-order valence-corrected chi connectivity index (χ1v) is 9.40. The number of hydrogen-bond donors (Lipinski definition) is 3. The van der Waals surface area contributed by atoms with Crippen molar-refractivity contribution in [1.29, 1.82) is 0 Å². The Morgan fingerprint density at radius 3 is 2.63 bits per heavy atom. The molecule has 144 valence electrons. The molecule has 1 heterocycles. The van der Waals surface area contributed by atoms with E-state index in [-0.39, 0.29) is 23.6 Å². The number of nitrogens with one attached hydrogen (secondary N) is 2. The lowest BCUT2D eigenvalue weighted by Gasteiger charge is -2.09. The zero-order chi connectivity index (χ0) is 19.6. The number of phenolic OH excluding ortho intramolecular Hbond substituents is 1. The topological polar surface area (TPSA) is 96.3 Å². The van der Waals surface area contributed by atoms with Gasteiger partial charge in [0, 0.05) is 36.2 Å². The second-order valence-corrected chi connectivity index (χ2v) is 7.35. The number of benzene rings is 1. The summed E-state index contributed by atoms with van der Waals surface area (Å²) in [5, 5.41) is 20.4. The van der Waals surface area contributed by atoms with Crippen LogP contribution in [0.1, 0.15) is 51.6 Å². The van der Waals surface area contributed by atoms with Gasteiger partial charge in [0.2, 0.25) is 5.91 Å². The normalized spacial score (nSPS) is 13.6. The summed E-state index contributed by atoms with van der Waals surface area (Å²) in [6, 6.07) is 6.55. The van der Waals surface area contributed by atoms with E-state index in [0.29, 0.717) is 35.8 Å². The predicted octanol–water partition coefficient (Wildman–Crippen LogP) is 3.70. The molecule has 1 aromatic carbocycles. The quantitative estimate of drug-likeness (QED) is 0.722. The van der Waals surface area contributed by atoms with Gasteiger partial charge < -0.3 is 15.7 Å². The van der Waals surface area contributed by atoms with Gasteiger partial charge in [-0.2, -0.15) is 9.78 Å². The van der Waals surface area contributed by atoms with Gasteiger partial charge >= 0.3 is 6.03 Å². The Bertz CT molecular complexity index is 853. The molecule has 3 rings (SSSR count). The number of anilines is 1. The van der Waals surface area contributed by atoms with Gasteiger partial charge in [-0.25, -0.2) is 4.79 Å². The molecule has 1 saturated carbocycles. The van der Waals surface area contributed by atoms with Gasteiger partial charge in [-0.15, -0.1) is 0 Å². The van der Waals surface area contributed by atoms with E-state index in [1.165, 1.54) is 10.7 Å². The van der Waals surface area contributed by atoms with Crippen molar-refractivity contribution in [1.82, 2.24) is 15.1 Å². The van der Waals surface area contributed by atoms with Crippen LogP contribution in [0.25, 0.3) is 11.3 Å². The second kappa shape index (κ2) is 7.82. The first kappa shape index (κ1) is 18.9. The molecule has 27 heavy (non-hydrogen) atoms. The van der Waals surface area contributed by atoms with Crippen LogP contribution in [0.4, 0.5) is 10.5 Å². The number of nitrogens with zero attached hydrogens (tertiary/aromatic N) is 2. The molecule has 0 saturated heterocycles. The van der Waals surface area contributed by atoms with E-state index in [0.717, 1.165) is 18.5 Å². The van der Waals surface area contributed by atoms with Crippen LogP contribution in [0.5, 0.6) is 5.75 Å². The Kier molecular flexibility index (Phi) is 5.48. The van der Waals surface area contributed by atoms with Gasteiger partial charge in [-0.3, -0.25) is 4.79 Å². The first-order chi connectivity index (χ1) is 12.9. The highest BCUT2D eigenvalue weighted by molar-refractivity contribution is 5.91. The van der Waals surface area contributed by atoms with Crippen LogP contribution in [-0.4, -0.2) is 33.4 Å². The standard InChI is InChI=1S/C20H26N4O3/c1-4-21-20(27)24-17(13-5-6-13)11-16(23-24)15-8-7-14(10-18(15)25)22-19(26)9-12(2)3/h7-8,10-13,25H,4-6,9H2,1-3H3,(H,21,27)(H,22,26). The summed E-state index contributed by atoms with van der Waals surface area (Å²) in [4.78, 5) is 24.2. The van der Waals surface area contributed by atoms with Gasteiger partial charge in [0.25, 0.3) is 0 Å². The number of aromatic hydroxyl groups is 1. The molecule has 0 aliphatic heterocycles. The third-order valence-corrected chi connectivity index (χ3v) is 4.40. The molecule has 0 atom stereocenters. The molecular formula is C20H26N4O3. The molecule has 1 aromatic heterocycles. The average molecular weight is 370 g/mol. The van der Waals surface area contributed by atoms with Crippen molar-refractivity contribution in [3.05, 3.63) is 30.0 Å². The summed E-state index contributed by atoms with van der Waals surface area (Å²) in [5.74, 6) is 0.525. The minimum absolute atomic E-state index is 0.0141. The number of hydrogen-bond acceptors (Lipinski definition) is 4. The average Bonchev–Trinajstić information content (AvgIpc) is 3.33. The molecule has 2 aromatic rings. The maximum absolute atomic E-state index is 12.3. The first-order valence-electron chi connectivity index (χ1n) is 9.40. The predicted molar refractivity (Wildman–Crippen MR) is 104 cm³/mol. The van der Waals surface area contributed by atoms with Crippen LogP contribution in [0, 0.1) is 5.92 Å². The van der Waals surface area contributed by atoms with E-state index < -0.39 is 0 Å². The van der Waals surface area contributed by atoms with E-state index in [4.69, 9.17) is 0 Å².